The second-order valence-corrected chi connectivity index (χ2v) is 6.62. The molecule has 3 aromatic rings. The van der Waals surface area contributed by atoms with Crippen molar-refractivity contribution >= 4 is 16.8 Å². The topological polar surface area (TPSA) is 84.1 Å². The number of aryl methyl sites for hydroxylation is 1. The molecule has 27 heavy (non-hydrogen) atoms. The lowest BCUT2D eigenvalue weighted by atomic mass is 10.2. The highest BCUT2D eigenvalue weighted by Gasteiger charge is 2.07. The summed E-state index contributed by atoms with van der Waals surface area (Å²) < 4.78 is 5.60. The summed E-state index contributed by atoms with van der Waals surface area (Å²) in [5.41, 5.74) is 1.46. The summed E-state index contributed by atoms with van der Waals surface area (Å²) >= 11 is 0. The standard InChI is InChI=1S/C21H23N3O3/c1-14(2)27-16-9-7-15(8-10-16)13-22-20(25)12-11-19-23-18-6-4-3-5-17(18)21(26)24-19/h3-10,14H,11-13H2,1-2H3,(H,22,25)(H,23,24,26). The molecule has 0 saturated carbocycles. The van der Waals surface area contributed by atoms with Gasteiger partial charge in [0.25, 0.3) is 5.56 Å². The fourth-order valence-electron chi connectivity index (χ4n) is 2.73. The van der Waals surface area contributed by atoms with Gasteiger partial charge >= 0.3 is 0 Å². The first-order chi connectivity index (χ1) is 13.0. The van der Waals surface area contributed by atoms with E-state index in [1.165, 1.54) is 0 Å². The summed E-state index contributed by atoms with van der Waals surface area (Å²) in [7, 11) is 0. The van der Waals surface area contributed by atoms with E-state index in [2.05, 4.69) is 15.3 Å². The first kappa shape index (κ1) is 18.6. The molecular weight excluding hydrogens is 342 g/mol. The number of hydrogen-bond donors (Lipinski definition) is 2. The number of para-hydroxylation sites is 1. The summed E-state index contributed by atoms with van der Waals surface area (Å²) in [6.07, 6.45) is 0.772. The molecule has 0 saturated heterocycles. The molecule has 6 heteroatoms. The molecule has 0 aliphatic rings. The molecule has 0 spiro atoms. The lowest BCUT2D eigenvalue weighted by Crippen LogP contribution is -2.23. The number of H-pyrrole nitrogens is 1. The van der Waals surface area contributed by atoms with Gasteiger partial charge in [0, 0.05) is 19.4 Å². The molecule has 2 N–H and O–H groups in total. The van der Waals surface area contributed by atoms with E-state index < -0.39 is 0 Å². The van der Waals surface area contributed by atoms with Crippen molar-refractivity contribution in [1.29, 1.82) is 0 Å². The molecule has 0 aliphatic carbocycles. The van der Waals surface area contributed by atoms with Gasteiger partial charge in [-0.1, -0.05) is 24.3 Å². The van der Waals surface area contributed by atoms with Crippen molar-refractivity contribution in [2.24, 2.45) is 0 Å². The zero-order valence-corrected chi connectivity index (χ0v) is 15.5. The van der Waals surface area contributed by atoms with Gasteiger partial charge in [-0.25, -0.2) is 4.98 Å². The third kappa shape index (κ3) is 5.17. The molecule has 6 nitrogen and oxygen atoms in total. The molecule has 0 bridgehead atoms. The molecule has 0 radical (unpaired) electrons. The molecule has 0 unspecified atom stereocenters. The Hall–Kier alpha value is -3.15. The van der Waals surface area contributed by atoms with Crippen LogP contribution in [0.1, 0.15) is 31.7 Å². The van der Waals surface area contributed by atoms with Crippen molar-refractivity contribution in [3.8, 4) is 5.75 Å². The first-order valence-electron chi connectivity index (χ1n) is 9.01. The second kappa shape index (κ2) is 8.49. The van der Waals surface area contributed by atoms with Crippen LogP contribution in [0.25, 0.3) is 10.9 Å². The minimum atomic E-state index is -0.181. The number of rotatable bonds is 7. The highest BCUT2D eigenvalue weighted by atomic mass is 16.5. The Morgan fingerprint density at radius 1 is 1.15 bits per heavy atom. The number of amides is 1. The molecule has 1 heterocycles. The van der Waals surface area contributed by atoms with Gasteiger partial charge in [0.15, 0.2) is 0 Å². The minimum absolute atomic E-state index is 0.0895. The third-order valence-corrected chi connectivity index (χ3v) is 4.04. The number of carbonyl (C=O) groups excluding carboxylic acids is 1. The molecule has 1 amide bonds. The summed E-state index contributed by atoms with van der Waals surface area (Å²) in [5.74, 6) is 1.24. The average molecular weight is 365 g/mol. The number of ether oxygens (including phenoxy) is 1. The largest absolute Gasteiger partial charge is 0.491 e. The molecular formula is C21H23N3O3. The SMILES string of the molecule is CC(C)Oc1ccc(CNC(=O)CCc2nc3ccccc3c(=O)[nH]2)cc1. The summed E-state index contributed by atoms with van der Waals surface area (Å²) in [4.78, 5) is 31.3. The van der Waals surface area contributed by atoms with Crippen LogP contribution >= 0.6 is 0 Å². The molecule has 2 aromatic carbocycles. The second-order valence-electron chi connectivity index (χ2n) is 6.62. The predicted molar refractivity (Wildman–Crippen MR) is 105 cm³/mol. The Morgan fingerprint density at radius 3 is 2.63 bits per heavy atom. The number of benzene rings is 2. The van der Waals surface area contributed by atoms with Gasteiger partial charge in [-0.15, -0.1) is 0 Å². The van der Waals surface area contributed by atoms with Crippen LogP contribution in [0, 0.1) is 0 Å². The maximum absolute atomic E-state index is 12.1. The van der Waals surface area contributed by atoms with Crippen molar-refractivity contribution in [1.82, 2.24) is 15.3 Å². The molecule has 1 aromatic heterocycles. The number of aromatic amines is 1. The Bertz CT molecular complexity index is 978. The maximum atomic E-state index is 12.1. The number of hydrogen-bond acceptors (Lipinski definition) is 4. The summed E-state index contributed by atoms with van der Waals surface area (Å²) in [6.45, 7) is 4.40. The quantitative estimate of drug-likeness (QED) is 0.674. The summed E-state index contributed by atoms with van der Waals surface area (Å²) in [5, 5.41) is 3.43. The van der Waals surface area contributed by atoms with E-state index in [1.54, 1.807) is 18.2 Å². The van der Waals surface area contributed by atoms with Crippen molar-refractivity contribution < 1.29 is 9.53 Å². The van der Waals surface area contributed by atoms with Crippen LogP contribution in [0.5, 0.6) is 5.75 Å². The van der Waals surface area contributed by atoms with Crippen molar-refractivity contribution in [2.75, 3.05) is 0 Å². The van der Waals surface area contributed by atoms with E-state index in [-0.39, 0.29) is 24.0 Å². The van der Waals surface area contributed by atoms with Crippen LogP contribution in [0.3, 0.4) is 0 Å². The van der Waals surface area contributed by atoms with Gasteiger partial charge in [-0.3, -0.25) is 9.59 Å². The van der Waals surface area contributed by atoms with Gasteiger partial charge in [0.05, 0.1) is 17.0 Å². The summed E-state index contributed by atoms with van der Waals surface area (Å²) in [6, 6.07) is 14.8. The van der Waals surface area contributed by atoms with Gasteiger partial charge in [-0.2, -0.15) is 0 Å². The zero-order chi connectivity index (χ0) is 19.2. The van der Waals surface area contributed by atoms with Crippen LogP contribution < -0.4 is 15.6 Å². The van der Waals surface area contributed by atoms with Crippen LogP contribution in [0.2, 0.25) is 0 Å². The van der Waals surface area contributed by atoms with E-state index in [0.29, 0.717) is 29.7 Å². The molecule has 0 fully saturated rings. The average Bonchev–Trinajstić information content (AvgIpc) is 2.65. The van der Waals surface area contributed by atoms with Crippen molar-refractivity contribution in [3.05, 3.63) is 70.3 Å². The van der Waals surface area contributed by atoms with E-state index in [1.807, 2.05) is 44.2 Å². The number of nitrogens with zero attached hydrogens (tertiary/aromatic N) is 1. The van der Waals surface area contributed by atoms with Crippen LogP contribution in [0.15, 0.2) is 53.3 Å². The monoisotopic (exact) mass is 365 g/mol. The fraction of sp³-hybridized carbons (Fsp3) is 0.286. The fourth-order valence-corrected chi connectivity index (χ4v) is 2.73. The van der Waals surface area contributed by atoms with Gasteiger partial charge < -0.3 is 15.0 Å². The number of aromatic nitrogens is 2. The lowest BCUT2D eigenvalue weighted by Gasteiger charge is -2.10. The maximum Gasteiger partial charge on any atom is 0.258 e. The third-order valence-electron chi connectivity index (χ3n) is 4.04. The number of fused-ring (bicyclic) bond motifs is 1. The smallest absolute Gasteiger partial charge is 0.258 e. The lowest BCUT2D eigenvalue weighted by molar-refractivity contribution is -0.121. The molecule has 3 rings (SSSR count). The highest BCUT2D eigenvalue weighted by molar-refractivity contribution is 5.78. The van der Waals surface area contributed by atoms with Crippen molar-refractivity contribution in [2.45, 2.75) is 39.3 Å². The Labute approximate surface area is 157 Å². The minimum Gasteiger partial charge on any atom is -0.491 e. The van der Waals surface area contributed by atoms with E-state index >= 15 is 0 Å². The van der Waals surface area contributed by atoms with E-state index in [4.69, 9.17) is 4.74 Å². The van der Waals surface area contributed by atoms with E-state index in [0.717, 1.165) is 11.3 Å². The van der Waals surface area contributed by atoms with Crippen LogP contribution in [-0.2, 0) is 17.8 Å². The highest BCUT2D eigenvalue weighted by Crippen LogP contribution is 2.13. The number of nitrogens with one attached hydrogen (secondary N) is 2. The Balaban J connectivity index is 1.52. The van der Waals surface area contributed by atoms with Crippen LogP contribution in [-0.4, -0.2) is 22.0 Å². The Kier molecular flexibility index (Phi) is 5.86. The van der Waals surface area contributed by atoms with Crippen molar-refractivity contribution in [3.63, 3.8) is 0 Å². The van der Waals surface area contributed by atoms with Gasteiger partial charge in [0.2, 0.25) is 5.91 Å². The van der Waals surface area contributed by atoms with Crippen LogP contribution in [0.4, 0.5) is 0 Å². The predicted octanol–water partition coefficient (Wildman–Crippen LogP) is 2.96. The van der Waals surface area contributed by atoms with Gasteiger partial charge in [0.1, 0.15) is 11.6 Å². The molecule has 0 atom stereocenters. The zero-order valence-electron chi connectivity index (χ0n) is 15.5. The van der Waals surface area contributed by atoms with E-state index in [9.17, 15) is 9.59 Å². The number of carbonyl (C=O) groups is 1. The first-order valence-corrected chi connectivity index (χ1v) is 9.01. The molecule has 140 valence electrons. The molecule has 0 aliphatic heterocycles. The van der Waals surface area contributed by atoms with Gasteiger partial charge in [-0.05, 0) is 43.7 Å². The normalized spacial score (nSPS) is 10.9. The Morgan fingerprint density at radius 2 is 1.89 bits per heavy atom.